The fraction of sp³-hybridized carbons (Fsp3) is 0.265. The number of fused-ring (bicyclic) bond motifs is 1. The lowest BCUT2D eigenvalue weighted by atomic mass is 9.63. The maximum Gasteiger partial charge on any atom is 0.339 e. The third-order valence-corrected chi connectivity index (χ3v) is 11.9. The number of ketones is 1. The number of nitrogens with zero attached hydrogens (tertiary/aromatic N) is 2. The number of ether oxygens (including phenoxy) is 1. The molecule has 220 valence electrons. The SMILES string of the molecule is Cc1c(Cl)c(Br)cc2c(C(=O)OCC(=O)c3cccs3)cc(-c3ccc(N4C(=O)C5C6C=CC(C7CC67)C5C4=O)cc3)nc12. The molecule has 1 saturated heterocycles. The lowest BCUT2D eigenvalue weighted by molar-refractivity contribution is -0.124. The van der Waals surface area contributed by atoms with E-state index in [9.17, 15) is 19.2 Å². The summed E-state index contributed by atoms with van der Waals surface area (Å²) in [4.78, 5) is 59.8. The van der Waals surface area contributed by atoms with Crippen LogP contribution in [0.25, 0.3) is 22.2 Å². The minimum Gasteiger partial charge on any atom is -0.454 e. The van der Waals surface area contributed by atoms with Crippen LogP contribution in [0.2, 0.25) is 5.02 Å². The predicted molar refractivity (Wildman–Crippen MR) is 171 cm³/mol. The highest BCUT2D eigenvalue weighted by Gasteiger charge is 2.67. The summed E-state index contributed by atoms with van der Waals surface area (Å²) in [5.41, 5.74) is 3.13. The molecule has 10 heteroatoms. The summed E-state index contributed by atoms with van der Waals surface area (Å²) in [5.74, 6) is -0.309. The predicted octanol–water partition coefficient (Wildman–Crippen LogP) is 7.28. The fourth-order valence-corrected chi connectivity index (χ4v) is 8.81. The molecule has 2 saturated carbocycles. The fourth-order valence-electron chi connectivity index (χ4n) is 7.49. The molecule has 44 heavy (non-hydrogen) atoms. The minimum atomic E-state index is -0.661. The van der Waals surface area contributed by atoms with Gasteiger partial charge < -0.3 is 4.74 Å². The van der Waals surface area contributed by atoms with Gasteiger partial charge >= 0.3 is 5.97 Å². The topological polar surface area (TPSA) is 93.6 Å². The molecule has 3 heterocycles. The normalized spacial score (nSPS) is 26.2. The van der Waals surface area contributed by atoms with E-state index in [-0.39, 0.29) is 53.4 Å². The Morgan fingerprint density at radius 2 is 1.73 bits per heavy atom. The van der Waals surface area contributed by atoms with Crippen molar-refractivity contribution < 1.29 is 23.9 Å². The average molecular weight is 688 g/mol. The van der Waals surface area contributed by atoms with Gasteiger partial charge in [-0.25, -0.2) is 9.78 Å². The molecule has 2 aromatic carbocycles. The second-order valence-electron chi connectivity index (χ2n) is 11.9. The van der Waals surface area contributed by atoms with E-state index < -0.39 is 5.97 Å². The summed E-state index contributed by atoms with van der Waals surface area (Å²) in [6.07, 6.45) is 5.44. The van der Waals surface area contributed by atoms with Crippen molar-refractivity contribution in [3.05, 3.63) is 91.6 Å². The average Bonchev–Trinajstić information content (AvgIpc) is 3.60. The number of carbonyl (C=O) groups excluding carboxylic acids is 4. The van der Waals surface area contributed by atoms with Gasteiger partial charge in [-0.1, -0.05) is 42.0 Å². The summed E-state index contributed by atoms with van der Waals surface area (Å²) in [5, 5.41) is 2.79. The first-order chi connectivity index (χ1) is 21.2. The van der Waals surface area contributed by atoms with Crippen LogP contribution in [0.15, 0.2) is 70.5 Å². The first kappa shape index (κ1) is 27.9. The summed E-state index contributed by atoms with van der Waals surface area (Å²) >= 11 is 11.3. The van der Waals surface area contributed by atoms with Crippen molar-refractivity contribution in [3.8, 4) is 11.3 Å². The van der Waals surface area contributed by atoms with Crippen molar-refractivity contribution in [1.29, 1.82) is 0 Å². The van der Waals surface area contributed by atoms with E-state index in [4.69, 9.17) is 21.3 Å². The Morgan fingerprint density at radius 3 is 2.36 bits per heavy atom. The van der Waals surface area contributed by atoms with Crippen LogP contribution in [0, 0.1) is 42.4 Å². The highest BCUT2D eigenvalue weighted by atomic mass is 79.9. The maximum atomic E-state index is 13.6. The van der Waals surface area contributed by atoms with Gasteiger partial charge in [0, 0.05) is 15.4 Å². The molecule has 9 rings (SSSR count). The standard InChI is InChI=1S/C34H24BrClN2O5S/c1-15-30(36)24(35)12-22-23(34(42)43-14-26(39)27-3-2-10-44-27)13-25(37-31(15)22)16-4-6-17(7-5-16)38-32(40)28-18-8-9-19(21-11-20(18)21)29(28)33(38)41/h2-10,12-13,18-21,28-29H,11,14H2,1H3. The quantitative estimate of drug-likeness (QED) is 0.0916. The van der Waals surface area contributed by atoms with Gasteiger partial charge in [-0.2, -0.15) is 0 Å². The third kappa shape index (κ3) is 4.16. The van der Waals surface area contributed by atoms with Gasteiger partial charge in [-0.3, -0.25) is 19.3 Å². The van der Waals surface area contributed by atoms with Crippen molar-refractivity contribution in [3.63, 3.8) is 0 Å². The number of halogens is 2. The minimum absolute atomic E-state index is 0.112. The summed E-state index contributed by atoms with van der Waals surface area (Å²) in [6, 6.07) is 13.9. The van der Waals surface area contributed by atoms with Gasteiger partial charge in [0.2, 0.25) is 17.6 Å². The number of carbonyl (C=O) groups is 4. The number of anilines is 1. The number of aromatic nitrogens is 1. The smallest absolute Gasteiger partial charge is 0.339 e. The van der Waals surface area contributed by atoms with E-state index in [0.29, 0.717) is 59.6 Å². The maximum absolute atomic E-state index is 13.6. The van der Waals surface area contributed by atoms with Gasteiger partial charge in [-0.15, -0.1) is 11.3 Å². The third-order valence-electron chi connectivity index (χ3n) is 9.66. The Balaban J connectivity index is 1.12. The molecule has 6 atom stereocenters. The first-order valence-electron chi connectivity index (χ1n) is 14.4. The zero-order valence-electron chi connectivity index (χ0n) is 23.3. The summed E-state index contributed by atoms with van der Waals surface area (Å²) in [7, 11) is 0. The molecule has 4 aromatic rings. The molecule has 0 N–H and O–H groups in total. The molecule has 2 aromatic heterocycles. The molecule has 1 aliphatic heterocycles. The van der Waals surface area contributed by atoms with E-state index in [1.54, 1.807) is 53.9 Å². The number of allylic oxidation sites excluding steroid dienone is 2. The zero-order valence-corrected chi connectivity index (χ0v) is 26.5. The van der Waals surface area contributed by atoms with Crippen LogP contribution in [0.5, 0.6) is 0 Å². The molecule has 5 aliphatic rings. The molecule has 2 amide bonds. The van der Waals surface area contributed by atoms with Crippen LogP contribution in [0.1, 0.15) is 32.0 Å². The molecule has 3 fully saturated rings. The van der Waals surface area contributed by atoms with E-state index in [1.807, 2.05) is 6.92 Å². The second-order valence-corrected chi connectivity index (χ2v) is 14.1. The molecular formula is C34H24BrClN2O5S. The van der Waals surface area contributed by atoms with Gasteiger partial charge in [0.15, 0.2) is 6.61 Å². The Hall–Kier alpha value is -3.66. The van der Waals surface area contributed by atoms with Crippen LogP contribution in [0.3, 0.4) is 0 Å². The van der Waals surface area contributed by atoms with Gasteiger partial charge in [0.05, 0.1) is 44.2 Å². The Labute approximate surface area is 270 Å². The van der Waals surface area contributed by atoms with Crippen LogP contribution < -0.4 is 4.90 Å². The van der Waals surface area contributed by atoms with Gasteiger partial charge in [0.1, 0.15) is 0 Å². The molecule has 7 nitrogen and oxygen atoms in total. The Bertz CT molecular complexity index is 1920. The first-order valence-corrected chi connectivity index (χ1v) is 16.5. The van der Waals surface area contributed by atoms with Crippen LogP contribution in [-0.2, 0) is 14.3 Å². The molecule has 4 aliphatic carbocycles. The molecule has 6 unspecified atom stereocenters. The number of hydrogen-bond acceptors (Lipinski definition) is 7. The largest absolute Gasteiger partial charge is 0.454 e. The van der Waals surface area contributed by atoms with E-state index in [1.165, 1.54) is 16.2 Å². The van der Waals surface area contributed by atoms with Crippen molar-refractivity contribution in [1.82, 2.24) is 4.98 Å². The van der Waals surface area contributed by atoms with Crippen molar-refractivity contribution >= 4 is 79.0 Å². The van der Waals surface area contributed by atoms with Crippen LogP contribution in [0.4, 0.5) is 5.69 Å². The number of thiophene rings is 1. The highest BCUT2D eigenvalue weighted by Crippen LogP contribution is 2.65. The number of amides is 2. The molecule has 2 bridgehead atoms. The number of aryl methyl sites for hydroxylation is 1. The number of rotatable bonds is 6. The lowest BCUT2D eigenvalue weighted by Crippen LogP contribution is -2.40. The second kappa shape index (κ2) is 10.2. The lowest BCUT2D eigenvalue weighted by Gasteiger charge is -2.37. The van der Waals surface area contributed by atoms with E-state index >= 15 is 0 Å². The number of esters is 1. The van der Waals surface area contributed by atoms with Crippen molar-refractivity contribution in [2.24, 2.45) is 35.5 Å². The molecule has 0 radical (unpaired) electrons. The number of pyridine rings is 1. The van der Waals surface area contributed by atoms with Gasteiger partial charge in [-0.05, 0) is 94.2 Å². The van der Waals surface area contributed by atoms with Gasteiger partial charge in [0.25, 0.3) is 0 Å². The zero-order chi connectivity index (χ0) is 30.4. The molecule has 0 spiro atoms. The van der Waals surface area contributed by atoms with Crippen LogP contribution in [-0.4, -0.2) is 35.2 Å². The van der Waals surface area contributed by atoms with E-state index in [2.05, 4.69) is 28.1 Å². The highest BCUT2D eigenvalue weighted by molar-refractivity contribution is 9.10. The van der Waals surface area contributed by atoms with Crippen molar-refractivity contribution in [2.75, 3.05) is 11.5 Å². The number of imide groups is 1. The number of benzene rings is 2. The molecular weight excluding hydrogens is 664 g/mol. The summed E-state index contributed by atoms with van der Waals surface area (Å²) in [6.45, 7) is 1.43. The van der Waals surface area contributed by atoms with Crippen molar-refractivity contribution in [2.45, 2.75) is 13.3 Å². The monoisotopic (exact) mass is 686 g/mol. The van der Waals surface area contributed by atoms with E-state index in [0.717, 1.165) is 6.42 Å². The van der Waals surface area contributed by atoms with Crippen LogP contribution >= 0.6 is 38.9 Å². The Morgan fingerprint density at radius 1 is 1.05 bits per heavy atom. The summed E-state index contributed by atoms with van der Waals surface area (Å²) < 4.78 is 6.07. The Kier molecular flexibility index (Phi) is 6.45. The number of Topliss-reactive ketones (excluding diaryl/α,β-unsaturated/α-hetero) is 1. The number of hydrogen-bond donors (Lipinski definition) is 0.